The van der Waals surface area contributed by atoms with Crippen LogP contribution in [-0.4, -0.2) is 5.78 Å². The Bertz CT molecular complexity index is 613. The lowest BCUT2D eigenvalue weighted by molar-refractivity contribution is -0.306. The van der Waals surface area contributed by atoms with E-state index in [1.165, 1.54) is 20.8 Å². The minimum atomic E-state index is -0.256. The van der Waals surface area contributed by atoms with Gasteiger partial charge in [-0.15, -0.1) is 11.5 Å². The first kappa shape index (κ1) is 13.1. The van der Waals surface area contributed by atoms with Crippen LogP contribution in [0.2, 0.25) is 0 Å². The lowest BCUT2D eigenvalue weighted by Gasteiger charge is -2.20. The Balaban J connectivity index is 2.78. The molecule has 0 saturated heterocycles. The predicted octanol–water partition coefficient (Wildman–Crippen LogP) is 1.21. The van der Waals surface area contributed by atoms with Crippen LogP contribution in [-0.2, 0) is 4.79 Å². The smallest absolute Gasteiger partial charge is 0.160 e. The van der Waals surface area contributed by atoms with Crippen LogP contribution in [0.15, 0.2) is 69.8 Å². The summed E-state index contributed by atoms with van der Waals surface area (Å²) in [5, 5.41) is 23.6. The number of hydrogen-bond acceptors (Lipinski definition) is 3. The molecule has 3 nitrogen and oxygen atoms in total. The molecule has 2 aliphatic carbocycles. The minimum absolute atomic E-state index is 0.200. The summed E-state index contributed by atoms with van der Waals surface area (Å²) in [6.45, 7) is 4.20. The summed E-state index contributed by atoms with van der Waals surface area (Å²) in [5.74, 6) is -0.660. The molecule has 0 bridgehead atoms. The molecular formula is C16H14O3-2. The maximum absolute atomic E-state index is 11.9. The molecule has 0 fully saturated rings. The number of allylic oxidation sites excluding steroid dienone is 12. The van der Waals surface area contributed by atoms with Crippen molar-refractivity contribution in [3.8, 4) is 0 Å². The Labute approximate surface area is 112 Å². The predicted molar refractivity (Wildman–Crippen MR) is 69.5 cm³/mol. The van der Waals surface area contributed by atoms with E-state index < -0.39 is 0 Å². The Morgan fingerprint density at radius 1 is 0.947 bits per heavy atom. The maximum atomic E-state index is 11.9. The summed E-state index contributed by atoms with van der Waals surface area (Å²) in [6, 6.07) is 0. The minimum Gasteiger partial charge on any atom is -0.875 e. The summed E-state index contributed by atoms with van der Waals surface area (Å²) in [7, 11) is 0. The average Bonchev–Trinajstić information content (AvgIpc) is 2.95. The van der Waals surface area contributed by atoms with Crippen molar-refractivity contribution in [1.82, 2.24) is 0 Å². The second-order valence-corrected chi connectivity index (χ2v) is 4.56. The van der Waals surface area contributed by atoms with Gasteiger partial charge in [-0.05, 0) is 35.3 Å². The molecule has 0 aromatic heterocycles. The quantitative estimate of drug-likeness (QED) is 0.661. The van der Waals surface area contributed by atoms with E-state index in [1.54, 1.807) is 6.08 Å². The van der Waals surface area contributed by atoms with Crippen LogP contribution < -0.4 is 10.2 Å². The van der Waals surface area contributed by atoms with Crippen LogP contribution in [0.1, 0.15) is 20.8 Å². The Morgan fingerprint density at radius 2 is 1.47 bits per heavy atom. The van der Waals surface area contributed by atoms with Gasteiger partial charge in [0.25, 0.3) is 0 Å². The zero-order chi connectivity index (χ0) is 14.2. The lowest BCUT2D eigenvalue weighted by atomic mass is 9.96. The molecule has 98 valence electrons. The summed E-state index contributed by atoms with van der Waals surface area (Å²) in [4.78, 5) is 11.7. The van der Waals surface area contributed by atoms with E-state index in [9.17, 15) is 15.0 Å². The molecule has 0 unspecified atom stereocenters. The molecule has 0 N–H and O–H groups in total. The van der Waals surface area contributed by atoms with E-state index in [2.05, 4.69) is 0 Å². The van der Waals surface area contributed by atoms with Gasteiger partial charge in [0.1, 0.15) is 0 Å². The Morgan fingerprint density at radius 3 is 1.89 bits per heavy atom. The molecule has 19 heavy (non-hydrogen) atoms. The fourth-order valence-corrected chi connectivity index (χ4v) is 2.35. The van der Waals surface area contributed by atoms with Gasteiger partial charge in [0, 0.05) is 5.57 Å². The monoisotopic (exact) mass is 254 g/mol. The van der Waals surface area contributed by atoms with Gasteiger partial charge < -0.3 is 10.2 Å². The topological polar surface area (TPSA) is 63.2 Å². The molecule has 0 saturated carbocycles. The number of carbonyl (C=O) groups excluding carboxylic acids is 1. The van der Waals surface area contributed by atoms with Gasteiger partial charge in [-0.25, -0.2) is 0 Å². The number of Topliss-reactive ketones (excluding diaryl/α,β-unsaturated/α-hetero) is 1. The van der Waals surface area contributed by atoms with Crippen molar-refractivity contribution >= 4 is 5.78 Å². The second kappa shape index (κ2) is 4.76. The first-order valence-corrected chi connectivity index (χ1v) is 6.02. The number of ketones is 1. The van der Waals surface area contributed by atoms with Crippen molar-refractivity contribution in [3.05, 3.63) is 69.8 Å². The van der Waals surface area contributed by atoms with Crippen LogP contribution >= 0.6 is 0 Å². The van der Waals surface area contributed by atoms with Crippen molar-refractivity contribution in [2.24, 2.45) is 0 Å². The van der Waals surface area contributed by atoms with E-state index in [0.717, 1.165) is 5.57 Å². The van der Waals surface area contributed by atoms with Crippen LogP contribution in [0.4, 0.5) is 0 Å². The largest absolute Gasteiger partial charge is 0.875 e. The summed E-state index contributed by atoms with van der Waals surface area (Å²) in [5.41, 5.74) is 2.43. The number of hydrogen-bond donors (Lipinski definition) is 0. The van der Waals surface area contributed by atoms with Crippen LogP contribution in [0.5, 0.6) is 0 Å². The SMILES string of the molecule is CC(=O)C1=CC(=C2C=CC=C2)C(=C(C)[O-])C1=C(C)[O-]. The molecule has 0 atom stereocenters. The highest BCUT2D eigenvalue weighted by atomic mass is 16.3. The summed E-state index contributed by atoms with van der Waals surface area (Å²) < 4.78 is 0. The second-order valence-electron chi connectivity index (χ2n) is 4.56. The third-order valence-corrected chi connectivity index (χ3v) is 3.13. The molecule has 0 radical (unpaired) electrons. The molecule has 0 heterocycles. The van der Waals surface area contributed by atoms with Gasteiger partial charge in [-0.3, -0.25) is 4.79 Å². The summed E-state index contributed by atoms with van der Waals surface area (Å²) >= 11 is 0. The van der Waals surface area contributed by atoms with Gasteiger partial charge in [0.2, 0.25) is 0 Å². The Kier molecular flexibility index (Phi) is 3.30. The molecule has 0 aromatic carbocycles. The van der Waals surface area contributed by atoms with Crippen LogP contribution in [0, 0.1) is 0 Å². The van der Waals surface area contributed by atoms with Gasteiger partial charge in [-0.2, -0.15) is 0 Å². The van der Waals surface area contributed by atoms with Gasteiger partial charge >= 0.3 is 0 Å². The number of rotatable bonds is 1. The standard InChI is InChI=1S/C16H16O3/c1-9(17)13-8-14(12-6-4-5-7-12)16(11(3)19)15(13)10(2)18/h4-8,18-19H,1-3H3/p-2. The fourth-order valence-electron chi connectivity index (χ4n) is 2.35. The van der Waals surface area contributed by atoms with Gasteiger partial charge in [-0.1, -0.05) is 38.2 Å². The average molecular weight is 254 g/mol. The van der Waals surface area contributed by atoms with E-state index in [4.69, 9.17) is 0 Å². The molecule has 3 heteroatoms. The van der Waals surface area contributed by atoms with E-state index in [0.29, 0.717) is 16.7 Å². The molecular weight excluding hydrogens is 240 g/mol. The molecule has 0 spiro atoms. The highest BCUT2D eigenvalue weighted by molar-refractivity contribution is 6.03. The van der Waals surface area contributed by atoms with E-state index in [1.807, 2.05) is 24.3 Å². The molecule has 2 rings (SSSR count). The van der Waals surface area contributed by atoms with Crippen molar-refractivity contribution in [3.63, 3.8) is 0 Å². The van der Waals surface area contributed by atoms with E-state index in [-0.39, 0.29) is 22.9 Å². The molecule has 0 amide bonds. The lowest BCUT2D eigenvalue weighted by Crippen LogP contribution is -2.12. The van der Waals surface area contributed by atoms with Crippen molar-refractivity contribution in [2.75, 3.05) is 0 Å². The van der Waals surface area contributed by atoms with Gasteiger partial charge in [0.05, 0.1) is 0 Å². The highest BCUT2D eigenvalue weighted by Crippen LogP contribution is 2.40. The van der Waals surface area contributed by atoms with Crippen molar-refractivity contribution in [1.29, 1.82) is 0 Å². The molecule has 0 aromatic rings. The van der Waals surface area contributed by atoms with Crippen LogP contribution in [0.3, 0.4) is 0 Å². The Hall–Kier alpha value is -2.29. The van der Waals surface area contributed by atoms with E-state index >= 15 is 0 Å². The fraction of sp³-hybridized carbons (Fsp3) is 0.188. The zero-order valence-electron chi connectivity index (χ0n) is 11.1. The highest BCUT2D eigenvalue weighted by Gasteiger charge is 2.25. The normalized spacial score (nSPS) is 23.0. The third kappa shape index (κ3) is 2.19. The first-order chi connectivity index (χ1) is 8.93. The number of carbonyl (C=O) groups is 1. The molecule has 0 aliphatic heterocycles. The van der Waals surface area contributed by atoms with Crippen molar-refractivity contribution < 1.29 is 15.0 Å². The summed E-state index contributed by atoms with van der Waals surface area (Å²) in [6.07, 6.45) is 9.07. The van der Waals surface area contributed by atoms with Gasteiger partial charge in [0.15, 0.2) is 5.78 Å². The maximum Gasteiger partial charge on any atom is 0.160 e. The first-order valence-electron chi connectivity index (χ1n) is 6.02. The third-order valence-electron chi connectivity index (χ3n) is 3.13. The van der Waals surface area contributed by atoms with Crippen LogP contribution in [0.25, 0.3) is 0 Å². The zero-order valence-corrected chi connectivity index (χ0v) is 11.1. The van der Waals surface area contributed by atoms with Crippen molar-refractivity contribution in [2.45, 2.75) is 20.8 Å². The molecule has 2 aliphatic rings.